The molecule has 0 unspecified atom stereocenters. The van der Waals surface area contributed by atoms with Gasteiger partial charge in [-0.3, -0.25) is 14.8 Å². The highest BCUT2D eigenvalue weighted by atomic mass is 16.1. The molecular formula is C16H10N2O. The molecule has 1 aliphatic carbocycles. The van der Waals surface area contributed by atoms with E-state index >= 15 is 0 Å². The highest BCUT2D eigenvalue weighted by Gasteiger charge is 2.28. The van der Waals surface area contributed by atoms with Crippen LogP contribution in [0, 0.1) is 6.92 Å². The summed E-state index contributed by atoms with van der Waals surface area (Å²) in [6, 6.07) is 7.82. The third kappa shape index (κ3) is 1.24. The molecule has 0 saturated heterocycles. The van der Waals surface area contributed by atoms with Crippen molar-refractivity contribution in [1.82, 2.24) is 9.97 Å². The molecule has 1 aromatic carbocycles. The second kappa shape index (κ2) is 3.48. The zero-order chi connectivity index (χ0) is 13.0. The van der Waals surface area contributed by atoms with Crippen LogP contribution >= 0.6 is 0 Å². The van der Waals surface area contributed by atoms with Gasteiger partial charge in [-0.1, -0.05) is 18.2 Å². The fraction of sp³-hybridized carbons (Fsp3) is 0.0625. The number of hydrogen-bond acceptors (Lipinski definition) is 3. The molecule has 4 rings (SSSR count). The van der Waals surface area contributed by atoms with Crippen molar-refractivity contribution < 1.29 is 4.79 Å². The summed E-state index contributed by atoms with van der Waals surface area (Å²) in [4.78, 5) is 20.9. The first kappa shape index (κ1) is 10.4. The molecule has 0 aliphatic heterocycles. The summed E-state index contributed by atoms with van der Waals surface area (Å²) in [5, 5.41) is 1.03. The van der Waals surface area contributed by atoms with Crippen molar-refractivity contribution in [1.29, 1.82) is 0 Å². The van der Waals surface area contributed by atoms with Gasteiger partial charge in [-0.2, -0.15) is 0 Å². The van der Waals surface area contributed by atoms with Gasteiger partial charge >= 0.3 is 0 Å². The Morgan fingerprint density at radius 1 is 1.00 bits per heavy atom. The van der Waals surface area contributed by atoms with E-state index in [0.29, 0.717) is 5.56 Å². The van der Waals surface area contributed by atoms with Gasteiger partial charge in [0.25, 0.3) is 0 Å². The first-order chi connectivity index (χ1) is 9.27. The van der Waals surface area contributed by atoms with Crippen LogP contribution in [-0.2, 0) is 0 Å². The van der Waals surface area contributed by atoms with Crippen molar-refractivity contribution in [2.45, 2.75) is 6.92 Å². The maximum atomic E-state index is 12.3. The van der Waals surface area contributed by atoms with Crippen LogP contribution in [0.1, 0.15) is 21.5 Å². The van der Waals surface area contributed by atoms with E-state index in [1.807, 2.05) is 25.1 Å². The van der Waals surface area contributed by atoms with Gasteiger partial charge in [0.05, 0.1) is 5.52 Å². The number of nitrogens with zero attached hydrogens (tertiary/aromatic N) is 2. The number of aromatic nitrogens is 2. The van der Waals surface area contributed by atoms with Crippen molar-refractivity contribution in [2.75, 3.05) is 0 Å². The second-order valence-electron chi connectivity index (χ2n) is 4.77. The van der Waals surface area contributed by atoms with Gasteiger partial charge < -0.3 is 0 Å². The molecule has 2 aromatic heterocycles. The zero-order valence-corrected chi connectivity index (χ0v) is 10.3. The minimum Gasteiger partial charge on any atom is -0.289 e. The van der Waals surface area contributed by atoms with Crippen molar-refractivity contribution >= 4 is 16.7 Å². The van der Waals surface area contributed by atoms with Gasteiger partial charge in [0, 0.05) is 46.2 Å². The molecule has 0 spiro atoms. The molecule has 3 aromatic rings. The van der Waals surface area contributed by atoms with Crippen LogP contribution in [-0.4, -0.2) is 15.8 Å². The van der Waals surface area contributed by atoms with E-state index in [0.717, 1.165) is 33.2 Å². The van der Waals surface area contributed by atoms with Crippen LogP contribution < -0.4 is 0 Å². The predicted octanol–water partition coefficient (Wildman–Crippen LogP) is 3.15. The lowest BCUT2D eigenvalue weighted by molar-refractivity contribution is 0.104. The quantitative estimate of drug-likeness (QED) is 0.478. The number of para-hydroxylation sites is 1. The molecular weight excluding hydrogens is 236 g/mol. The van der Waals surface area contributed by atoms with E-state index in [4.69, 9.17) is 0 Å². The van der Waals surface area contributed by atoms with Crippen LogP contribution in [0.5, 0.6) is 0 Å². The smallest absolute Gasteiger partial charge is 0.195 e. The summed E-state index contributed by atoms with van der Waals surface area (Å²) in [5.74, 6) is 0.0447. The largest absolute Gasteiger partial charge is 0.289 e. The minimum atomic E-state index is 0.0447. The van der Waals surface area contributed by atoms with E-state index < -0.39 is 0 Å². The number of ketones is 1. The van der Waals surface area contributed by atoms with E-state index in [1.165, 1.54) is 0 Å². The SMILES string of the molecule is Cc1cccc2c3c(cnc12)C(=O)c1ccncc1-3. The summed E-state index contributed by atoms with van der Waals surface area (Å²) in [7, 11) is 0. The number of pyridine rings is 2. The molecule has 3 nitrogen and oxygen atoms in total. The van der Waals surface area contributed by atoms with Gasteiger partial charge in [-0.15, -0.1) is 0 Å². The lowest BCUT2D eigenvalue weighted by Gasteiger charge is -2.06. The topological polar surface area (TPSA) is 42.9 Å². The maximum Gasteiger partial charge on any atom is 0.195 e. The maximum absolute atomic E-state index is 12.3. The Balaban J connectivity index is 2.22. The first-order valence-electron chi connectivity index (χ1n) is 6.15. The highest BCUT2D eigenvalue weighted by molar-refractivity contribution is 6.25. The molecule has 0 amide bonds. The summed E-state index contributed by atoms with van der Waals surface area (Å²) in [6.45, 7) is 2.03. The van der Waals surface area contributed by atoms with Crippen molar-refractivity contribution in [3.63, 3.8) is 0 Å². The Kier molecular flexibility index (Phi) is 1.90. The number of carbonyl (C=O) groups is 1. The van der Waals surface area contributed by atoms with E-state index in [9.17, 15) is 4.79 Å². The Morgan fingerprint density at radius 3 is 2.79 bits per heavy atom. The molecule has 0 radical (unpaired) electrons. The molecule has 0 fully saturated rings. The van der Waals surface area contributed by atoms with Crippen molar-refractivity contribution in [3.05, 3.63) is 59.5 Å². The normalized spacial score (nSPS) is 12.6. The molecule has 0 saturated carbocycles. The van der Waals surface area contributed by atoms with Crippen LogP contribution in [0.4, 0.5) is 0 Å². The molecule has 3 heteroatoms. The van der Waals surface area contributed by atoms with Gasteiger partial charge in [0.2, 0.25) is 0 Å². The fourth-order valence-corrected chi connectivity index (χ4v) is 2.77. The van der Waals surface area contributed by atoms with Crippen LogP contribution in [0.3, 0.4) is 0 Å². The molecule has 90 valence electrons. The van der Waals surface area contributed by atoms with Crippen LogP contribution in [0.25, 0.3) is 22.0 Å². The van der Waals surface area contributed by atoms with Gasteiger partial charge in [0.15, 0.2) is 5.78 Å². The summed E-state index contributed by atoms with van der Waals surface area (Å²) < 4.78 is 0. The fourth-order valence-electron chi connectivity index (χ4n) is 2.77. The number of hydrogen-bond donors (Lipinski definition) is 0. The lowest BCUT2D eigenvalue weighted by atomic mass is 10.0. The lowest BCUT2D eigenvalue weighted by Crippen LogP contribution is -1.96. The number of benzene rings is 1. The van der Waals surface area contributed by atoms with E-state index in [2.05, 4.69) is 9.97 Å². The Morgan fingerprint density at radius 2 is 1.89 bits per heavy atom. The van der Waals surface area contributed by atoms with E-state index in [-0.39, 0.29) is 5.78 Å². The Hall–Kier alpha value is -2.55. The Bertz CT molecular complexity index is 852. The molecule has 0 bridgehead atoms. The standard InChI is InChI=1S/C16H10N2O/c1-9-3-2-4-11-14-12-7-17-6-5-10(12)16(19)13(14)8-18-15(9)11/h2-8H,1H3. The summed E-state index contributed by atoms with van der Waals surface area (Å²) >= 11 is 0. The molecule has 19 heavy (non-hydrogen) atoms. The first-order valence-corrected chi connectivity index (χ1v) is 6.15. The van der Waals surface area contributed by atoms with Crippen molar-refractivity contribution in [2.24, 2.45) is 0 Å². The number of carbonyl (C=O) groups excluding carboxylic acids is 1. The number of fused-ring (bicyclic) bond motifs is 5. The molecule has 0 atom stereocenters. The third-order valence-electron chi connectivity index (χ3n) is 3.68. The van der Waals surface area contributed by atoms with Gasteiger partial charge in [-0.25, -0.2) is 0 Å². The summed E-state index contributed by atoms with van der Waals surface area (Å²) in [5.41, 5.74) is 5.36. The number of aryl methyl sites for hydroxylation is 1. The van der Waals surface area contributed by atoms with Crippen molar-refractivity contribution in [3.8, 4) is 11.1 Å². The van der Waals surface area contributed by atoms with E-state index in [1.54, 1.807) is 24.7 Å². The third-order valence-corrected chi connectivity index (χ3v) is 3.68. The Labute approximate surface area is 109 Å². The van der Waals surface area contributed by atoms with Gasteiger partial charge in [0.1, 0.15) is 0 Å². The number of rotatable bonds is 0. The predicted molar refractivity (Wildman–Crippen MR) is 73.1 cm³/mol. The van der Waals surface area contributed by atoms with Gasteiger partial charge in [-0.05, 0) is 18.6 Å². The molecule has 2 heterocycles. The molecule has 0 N–H and O–H groups in total. The zero-order valence-electron chi connectivity index (χ0n) is 10.3. The second-order valence-corrected chi connectivity index (χ2v) is 4.77. The molecule has 1 aliphatic rings. The average molecular weight is 246 g/mol. The van der Waals surface area contributed by atoms with Crippen LogP contribution in [0.2, 0.25) is 0 Å². The highest BCUT2D eigenvalue weighted by Crippen LogP contribution is 2.40. The minimum absolute atomic E-state index is 0.0447. The average Bonchev–Trinajstić information content (AvgIpc) is 2.74. The summed E-state index contributed by atoms with van der Waals surface area (Å²) in [6.07, 6.45) is 5.11. The monoisotopic (exact) mass is 246 g/mol. The van der Waals surface area contributed by atoms with Crippen LogP contribution in [0.15, 0.2) is 42.9 Å².